The van der Waals surface area contributed by atoms with Gasteiger partial charge in [0.15, 0.2) is 0 Å². The number of aromatic nitrogens is 2. The quantitative estimate of drug-likeness (QED) is 0.767. The molecule has 1 heterocycles. The Bertz CT molecular complexity index is 492. The predicted octanol–water partition coefficient (Wildman–Crippen LogP) is 2.34. The second kappa shape index (κ2) is 3.69. The van der Waals surface area contributed by atoms with E-state index in [1.165, 1.54) is 11.9 Å². The van der Waals surface area contributed by atoms with Crippen molar-refractivity contribution in [3.63, 3.8) is 0 Å². The van der Waals surface area contributed by atoms with E-state index in [0.29, 0.717) is 5.82 Å². The standard InChI is InChI=1S/C12H13N3/c1-8-5-3-4-6-10(8)11-9(2)12(13)15-7-14-11/h3-7H,1-2H3,(H2,13,14,15). The van der Waals surface area contributed by atoms with Crippen molar-refractivity contribution in [2.75, 3.05) is 5.73 Å². The van der Waals surface area contributed by atoms with E-state index in [1.807, 2.05) is 25.1 Å². The first-order valence-electron chi connectivity index (χ1n) is 4.83. The molecule has 0 unspecified atom stereocenters. The summed E-state index contributed by atoms with van der Waals surface area (Å²) >= 11 is 0. The predicted molar refractivity (Wildman–Crippen MR) is 61.4 cm³/mol. The second-order valence-electron chi connectivity index (χ2n) is 3.55. The molecule has 0 fully saturated rings. The van der Waals surface area contributed by atoms with Crippen LogP contribution in [0, 0.1) is 13.8 Å². The highest BCUT2D eigenvalue weighted by molar-refractivity contribution is 5.69. The van der Waals surface area contributed by atoms with Crippen molar-refractivity contribution in [1.82, 2.24) is 9.97 Å². The zero-order chi connectivity index (χ0) is 10.8. The van der Waals surface area contributed by atoms with Crippen molar-refractivity contribution >= 4 is 5.82 Å². The largest absolute Gasteiger partial charge is 0.383 e. The fraction of sp³-hybridized carbons (Fsp3) is 0.167. The Morgan fingerprint density at radius 2 is 1.80 bits per heavy atom. The van der Waals surface area contributed by atoms with Crippen LogP contribution in [-0.2, 0) is 0 Å². The topological polar surface area (TPSA) is 51.8 Å². The van der Waals surface area contributed by atoms with Crippen LogP contribution < -0.4 is 5.73 Å². The lowest BCUT2D eigenvalue weighted by Crippen LogP contribution is -1.99. The molecule has 2 aromatic rings. The van der Waals surface area contributed by atoms with Crippen molar-refractivity contribution in [3.8, 4) is 11.3 Å². The molecule has 0 bridgehead atoms. The maximum absolute atomic E-state index is 5.76. The van der Waals surface area contributed by atoms with Crippen LogP contribution in [0.2, 0.25) is 0 Å². The minimum Gasteiger partial charge on any atom is -0.383 e. The fourth-order valence-electron chi connectivity index (χ4n) is 1.57. The number of nitrogens with zero attached hydrogens (tertiary/aromatic N) is 2. The monoisotopic (exact) mass is 199 g/mol. The summed E-state index contributed by atoms with van der Waals surface area (Å²) in [5.74, 6) is 0.545. The van der Waals surface area contributed by atoms with E-state index >= 15 is 0 Å². The van der Waals surface area contributed by atoms with Crippen LogP contribution in [0.5, 0.6) is 0 Å². The minimum atomic E-state index is 0.545. The maximum atomic E-state index is 5.76. The highest BCUT2D eigenvalue weighted by Crippen LogP contribution is 2.25. The Hall–Kier alpha value is -1.90. The first kappa shape index (κ1) is 9.65. The highest BCUT2D eigenvalue weighted by atomic mass is 14.9. The van der Waals surface area contributed by atoms with Crippen LogP contribution in [0.4, 0.5) is 5.82 Å². The van der Waals surface area contributed by atoms with Crippen molar-refractivity contribution < 1.29 is 0 Å². The fourth-order valence-corrected chi connectivity index (χ4v) is 1.57. The number of hydrogen-bond acceptors (Lipinski definition) is 3. The van der Waals surface area contributed by atoms with E-state index in [4.69, 9.17) is 5.73 Å². The highest BCUT2D eigenvalue weighted by Gasteiger charge is 2.08. The summed E-state index contributed by atoms with van der Waals surface area (Å²) < 4.78 is 0. The summed E-state index contributed by atoms with van der Waals surface area (Å²) in [6.45, 7) is 4.00. The molecule has 0 atom stereocenters. The molecule has 3 nitrogen and oxygen atoms in total. The van der Waals surface area contributed by atoms with E-state index in [2.05, 4.69) is 23.0 Å². The Kier molecular flexibility index (Phi) is 2.37. The summed E-state index contributed by atoms with van der Waals surface area (Å²) in [5.41, 5.74) is 9.92. The Balaban J connectivity index is 2.65. The summed E-state index contributed by atoms with van der Waals surface area (Å²) in [4.78, 5) is 8.24. The Labute approximate surface area is 89.0 Å². The number of aryl methyl sites for hydroxylation is 1. The summed E-state index contributed by atoms with van der Waals surface area (Å²) in [5, 5.41) is 0. The van der Waals surface area contributed by atoms with Crippen LogP contribution >= 0.6 is 0 Å². The van der Waals surface area contributed by atoms with Crippen LogP contribution in [-0.4, -0.2) is 9.97 Å². The van der Waals surface area contributed by atoms with E-state index in [0.717, 1.165) is 16.8 Å². The SMILES string of the molecule is Cc1ccccc1-c1ncnc(N)c1C. The van der Waals surface area contributed by atoms with Gasteiger partial charge in [-0.2, -0.15) is 0 Å². The minimum absolute atomic E-state index is 0.545. The van der Waals surface area contributed by atoms with Gasteiger partial charge in [0.1, 0.15) is 12.1 Å². The van der Waals surface area contributed by atoms with Gasteiger partial charge in [-0.05, 0) is 19.4 Å². The molecule has 0 amide bonds. The first-order chi connectivity index (χ1) is 7.20. The first-order valence-corrected chi connectivity index (χ1v) is 4.83. The van der Waals surface area contributed by atoms with Gasteiger partial charge in [-0.1, -0.05) is 24.3 Å². The number of nitrogens with two attached hydrogens (primary N) is 1. The lowest BCUT2D eigenvalue weighted by Gasteiger charge is -2.08. The van der Waals surface area contributed by atoms with Gasteiger partial charge in [0, 0.05) is 11.1 Å². The van der Waals surface area contributed by atoms with E-state index < -0.39 is 0 Å². The second-order valence-corrected chi connectivity index (χ2v) is 3.55. The van der Waals surface area contributed by atoms with Crippen molar-refractivity contribution in [2.45, 2.75) is 13.8 Å². The van der Waals surface area contributed by atoms with Gasteiger partial charge in [-0.3, -0.25) is 0 Å². The molecule has 1 aromatic carbocycles. The molecule has 0 saturated carbocycles. The van der Waals surface area contributed by atoms with Gasteiger partial charge in [-0.15, -0.1) is 0 Å². The molecular formula is C12H13N3. The number of nitrogen functional groups attached to an aromatic ring is 1. The molecule has 0 spiro atoms. The van der Waals surface area contributed by atoms with Crippen LogP contribution in [0.1, 0.15) is 11.1 Å². The van der Waals surface area contributed by atoms with E-state index in [9.17, 15) is 0 Å². The molecule has 0 aliphatic heterocycles. The maximum Gasteiger partial charge on any atom is 0.130 e. The van der Waals surface area contributed by atoms with Gasteiger partial charge in [0.05, 0.1) is 5.69 Å². The van der Waals surface area contributed by atoms with Gasteiger partial charge in [0.2, 0.25) is 0 Å². The number of rotatable bonds is 1. The Morgan fingerprint density at radius 3 is 2.53 bits per heavy atom. The molecule has 0 radical (unpaired) electrons. The molecule has 2 N–H and O–H groups in total. The molecular weight excluding hydrogens is 186 g/mol. The van der Waals surface area contributed by atoms with E-state index in [1.54, 1.807) is 0 Å². The summed E-state index contributed by atoms with van der Waals surface area (Å²) in [7, 11) is 0. The zero-order valence-corrected chi connectivity index (χ0v) is 8.86. The van der Waals surface area contributed by atoms with E-state index in [-0.39, 0.29) is 0 Å². The molecule has 1 aromatic heterocycles. The van der Waals surface area contributed by atoms with Gasteiger partial charge in [-0.25, -0.2) is 9.97 Å². The number of anilines is 1. The van der Waals surface area contributed by atoms with Crippen molar-refractivity contribution in [1.29, 1.82) is 0 Å². The third-order valence-corrected chi connectivity index (χ3v) is 2.52. The molecule has 15 heavy (non-hydrogen) atoms. The van der Waals surface area contributed by atoms with Crippen LogP contribution in [0.3, 0.4) is 0 Å². The van der Waals surface area contributed by atoms with Crippen LogP contribution in [0.25, 0.3) is 11.3 Å². The average molecular weight is 199 g/mol. The number of benzene rings is 1. The lowest BCUT2D eigenvalue weighted by atomic mass is 10.0. The zero-order valence-electron chi connectivity index (χ0n) is 8.86. The molecule has 76 valence electrons. The molecule has 2 rings (SSSR count). The van der Waals surface area contributed by atoms with Crippen LogP contribution in [0.15, 0.2) is 30.6 Å². The Morgan fingerprint density at radius 1 is 1.07 bits per heavy atom. The van der Waals surface area contributed by atoms with Crippen molar-refractivity contribution in [3.05, 3.63) is 41.7 Å². The molecule has 3 heteroatoms. The lowest BCUT2D eigenvalue weighted by molar-refractivity contribution is 1.14. The van der Waals surface area contributed by atoms with Gasteiger partial charge >= 0.3 is 0 Å². The third-order valence-electron chi connectivity index (χ3n) is 2.52. The summed E-state index contributed by atoms with van der Waals surface area (Å²) in [6.07, 6.45) is 1.50. The molecule has 0 aliphatic carbocycles. The number of hydrogen-bond donors (Lipinski definition) is 1. The smallest absolute Gasteiger partial charge is 0.130 e. The van der Waals surface area contributed by atoms with Crippen molar-refractivity contribution in [2.24, 2.45) is 0 Å². The summed E-state index contributed by atoms with van der Waals surface area (Å²) in [6, 6.07) is 8.12. The third kappa shape index (κ3) is 1.68. The normalized spacial score (nSPS) is 10.3. The molecule has 0 saturated heterocycles. The molecule has 0 aliphatic rings. The average Bonchev–Trinajstić information content (AvgIpc) is 2.23. The van der Waals surface area contributed by atoms with Gasteiger partial charge in [0.25, 0.3) is 0 Å². The van der Waals surface area contributed by atoms with Gasteiger partial charge < -0.3 is 5.73 Å².